The van der Waals surface area contributed by atoms with Gasteiger partial charge >= 0.3 is 12.4 Å². The SMILES string of the molecule is CC(C)c1cc(-n2cc(C(F)(F)F)nc2C(F)(F)F)cc2cn[nH]c12. The first-order chi connectivity index (χ1) is 11.5. The zero-order valence-corrected chi connectivity index (χ0v) is 13.0. The smallest absolute Gasteiger partial charge is 0.296 e. The summed E-state index contributed by atoms with van der Waals surface area (Å²) in [7, 11) is 0. The van der Waals surface area contributed by atoms with E-state index in [-0.39, 0.29) is 11.6 Å². The lowest BCUT2D eigenvalue weighted by Gasteiger charge is -2.14. The molecular formula is C15H12F6N4. The first kappa shape index (κ1) is 17.3. The van der Waals surface area contributed by atoms with Crippen LogP contribution in [0.3, 0.4) is 0 Å². The van der Waals surface area contributed by atoms with Gasteiger partial charge in [-0.05, 0) is 23.6 Å². The Kier molecular flexibility index (Phi) is 3.81. The number of nitrogens with one attached hydrogen (secondary N) is 1. The molecule has 0 amide bonds. The van der Waals surface area contributed by atoms with E-state index in [2.05, 4.69) is 15.2 Å². The minimum Gasteiger partial charge on any atom is -0.296 e. The van der Waals surface area contributed by atoms with Gasteiger partial charge in [-0.3, -0.25) is 9.67 Å². The van der Waals surface area contributed by atoms with Gasteiger partial charge in [0, 0.05) is 17.3 Å². The van der Waals surface area contributed by atoms with Crippen molar-refractivity contribution in [2.45, 2.75) is 32.1 Å². The van der Waals surface area contributed by atoms with Gasteiger partial charge in [0.15, 0.2) is 5.69 Å². The molecule has 2 aromatic heterocycles. The lowest BCUT2D eigenvalue weighted by atomic mass is 10.00. The van der Waals surface area contributed by atoms with Crippen LogP contribution in [0, 0.1) is 0 Å². The molecule has 134 valence electrons. The van der Waals surface area contributed by atoms with Crippen molar-refractivity contribution in [1.82, 2.24) is 19.7 Å². The predicted molar refractivity (Wildman–Crippen MR) is 77.3 cm³/mol. The second kappa shape index (κ2) is 5.50. The van der Waals surface area contributed by atoms with Gasteiger partial charge in [0.2, 0.25) is 5.82 Å². The van der Waals surface area contributed by atoms with Crippen LogP contribution in [-0.4, -0.2) is 19.7 Å². The number of halogens is 6. The van der Waals surface area contributed by atoms with Crippen molar-refractivity contribution in [2.24, 2.45) is 0 Å². The van der Waals surface area contributed by atoms with Gasteiger partial charge in [-0.15, -0.1) is 0 Å². The summed E-state index contributed by atoms with van der Waals surface area (Å²) in [6, 6.07) is 2.74. The van der Waals surface area contributed by atoms with E-state index in [9.17, 15) is 26.3 Å². The Morgan fingerprint density at radius 2 is 1.72 bits per heavy atom. The molecule has 4 nitrogen and oxygen atoms in total. The van der Waals surface area contributed by atoms with Gasteiger partial charge in [0.25, 0.3) is 0 Å². The summed E-state index contributed by atoms with van der Waals surface area (Å²) in [6.45, 7) is 3.64. The molecule has 0 aliphatic rings. The van der Waals surface area contributed by atoms with E-state index in [1.54, 1.807) is 0 Å². The average Bonchev–Trinajstić information content (AvgIpc) is 3.11. The second-order valence-electron chi connectivity index (χ2n) is 5.84. The van der Waals surface area contributed by atoms with E-state index < -0.39 is 23.9 Å². The number of H-pyrrole nitrogens is 1. The molecule has 0 aliphatic carbocycles. The highest BCUT2D eigenvalue weighted by Crippen LogP contribution is 2.37. The quantitative estimate of drug-likeness (QED) is 0.659. The molecule has 10 heteroatoms. The molecule has 0 aliphatic heterocycles. The number of nitrogens with zero attached hydrogens (tertiary/aromatic N) is 3. The van der Waals surface area contributed by atoms with E-state index in [1.165, 1.54) is 18.3 Å². The zero-order chi connectivity index (χ0) is 18.6. The molecular weight excluding hydrogens is 350 g/mol. The number of hydrogen-bond acceptors (Lipinski definition) is 2. The summed E-state index contributed by atoms with van der Waals surface area (Å²) < 4.78 is 78.5. The Morgan fingerprint density at radius 1 is 1.04 bits per heavy atom. The van der Waals surface area contributed by atoms with Gasteiger partial charge in [-0.1, -0.05) is 13.8 Å². The monoisotopic (exact) mass is 362 g/mol. The maximum Gasteiger partial charge on any atom is 0.450 e. The lowest BCUT2D eigenvalue weighted by Crippen LogP contribution is -2.14. The van der Waals surface area contributed by atoms with Crippen molar-refractivity contribution in [2.75, 3.05) is 0 Å². The van der Waals surface area contributed by atoms with Crippen molar-refractivity contribution in [3.8, 4) is 5.69 Å². The fourth-order valence-corrected chi connectivity index (χ4v) is 2.58. The molecule has 0 radical (unpaired) electrons. The summed E-state index contributed by atoms with van der Waals surface area (Å²) in [6.07, 6.45) is -8.26. The topological polar surface area (TPSA) is 46.5 Å². The molecule has 3 aromatic rings. The maximum absolute atomic E-state index is 13.2. The van der Waals surface area contributed by atoms with E-state index in [1.807, 2.05) is 13.8 Å². The van der Waals surface area contributed by atoms with Crippen LogP contribution in [0.15, 0.2) is 24.5 Å². The van der Waals surface area contributed by atoms with Crippen LogP contribution in [0.4, 0.5) is 26.3 Å². The Balaban J connectivity index is 2.29. The summed E-state index contributed by atoms with van der Waals surface area (Å²) in [5.74, 6) is -1.71. The number of aromatic amines is 1. The van der Waals surface area contributed by atoms with Gasteiger partial charge in [0.1, 0.15) is 0 Å². The Morgan fingerprint density at radius 3 is 2.28 bits per heavy atom. The molecule has 0 saturated carbocycles. The molecule has 0 spiro atoms. The number of benzene rings is 1. The summed E-state index contributed by atoms with van der Waals surface area (Å²) in [4.78, 5) is 2.76. The Bertz CT molecular complexity index is 916. The molecule has 1 aromatic carbocycles. The van der Waals surface area contributed by atoms with Crippen molar-refractivity contribution < 1.29 is 26.3 Å². The predicted octanol–water partition coefficient (Wildman–Crippen LogP) is 4.91. The summed E-state index contributed by atoms with van der Waals surface area (Å²) >= 11 is 0. The van der Waals surface area contributed by atoms with E-state index in [4.69, 9.17) is 0 Å². The number of rotatable bonds is 2. The zero-order valence-electron chi connectivity index (χ0n) is 13.0. The standard InChI is InChI=1S/C15H12F6N4/c1-7(2)10-4-9(3-8-5-22-24-12(8)10)25-6-11(14(16,17)18)23-13(25)15(19,20)21/h3-7H,1-2H3,(H,22,24). The van der Waals surface area contributed by atoms with Gasteiger partial charge in [-0.25, -0.2) is 4.98 Å². The molecule has 2 heterocycles. The molecule has 1 N–H and O–H groups in total. The van der Waals surface area contributed by atoms with E-state index in [0.29, 0.717) is 27.2 Å². The third-order valence-corrected chi connectivity index (χ3v) is 3.71. The number of hydrogen-bond donors (Lipinski definition) is 1. The highest BCUT2D eigenvalue weighted by atomic mass is 19.4. The second-order valence-corrected chi connectivity index (χ2v) is 5.84. The Labute approximate surface area is 137 Å². The normalized spacial score (nSPS) is 13.2. The van der Waals surface area contributed by atoms with Crippen LogP contribution in [0.5, 0.6) is 0 Å². The van der Waals surface area contributed by atoms with Crippen molar-refractivity contribution >= 4 is 10.9 Å². The van der Waals surface area contributed by atoms with Crippen molar-refractivity contribution in [3.05, 3.63) is 41.6 Å². The largest absolute Gasteiger partial charge is 0.450 e. The van der Waals surface area contributed by atoms with E-state index >= 15 is 0 Å². The highest BCUT2D eigenvalue weighted by Gasteiger charge is 2.42. The van der Waals surface area contributed by atoms with Gasteiger partial charge in [0.05, 0.1) is 11.7 Å². The van der Waals surface area contributed by atoms with Crippen LogP contribution in [0.25, 0.3) is 16.6 Å². The molecule has 0 saturated heterocycles. The maximum atomic E-state index is 13.2. The van der Waals surface area contributed by atoms with Crippen LogP contribution in [0.1, 0.15) is 36.8 Å². The molecule has 25 heavy (non-hydrogen) atoms. The molecule has 0 unspecified atom stereocenters. The lowest BCUT2D eigenvalue weighted by molar-refractivity contribution is -0.150. The van der Waals surface area contributed by atoms with E-state index in [0.717, 1.165) is 0 Å². The molecule has 0 atom stereocenters. The molecule has 0 fully saturated rings. The van der Waals surface area contributed by atoms with Crippen molar-refractivity contribution in [3.63, 3.8) is 0 Å². The van der Waals surface area contributed by atoms with Crippen LogP contribution in [-0.2, 0) is 12.4 Å². The van der Waals surface area contributed by atoms with Crippen LogP contribution >= 0.6 is 0 Å². The third-order valence-electron chi connectivity index (χ3n) is 3.71. The number of alkyl halides is 6. The minimum absolute atomic E-state index is 0.0621. The average molecular weight is 362 g/mol. The highest BCUT2D eigenvalue weighted by molar-refractivity contribution is 5.84. The fraction of sp³-hybridized carbons (Fsp3) is 0.333. The number of aromatic nitrogens is 4. The Hall–Kier alpha value is -2.52. The number of imidazole rings is 1. The third kappa shape index (κ3) is 3.08. The van der Waals surface area contributed by atoms with Gasteiger partial charge in [-0.2, -0.15) is 31.4 Å². The fourth-order valence-electron chi connectivity index (χ4n) is 2.58. The van der Waals surface area contributed by atoms with Crippen molar-refractivity contribution in [1.29, 1.82) is 0 Å². The number of fused-ring (bicyclic) bond motifs is 1. The summed E-state index contributed by atoms with van der Waals surface area (Å²) in [5.41, 5.74) is -0.394. The van der Waals surface area contributed by atoms with Crippen LogP contribution < -0.4 is 0 Å². The first-order valence-electron chi connectivity index (χ1n) is 7.19. The first-order valence-corrected chi connectivity index (χ1v) is 7.19. The summed E-state index contributed by atoms with van der Waals surface area (Å²) in [5, 5.41) is 7.08. The van der Waals surface area contributed by atoms with Gasteiger partial charge < -0.3 is 0 Å². The molecule has 3 rings (SSSR count). The van der Waals surface area contributed by atoms with Crippen LogP contribution in [0.2, 0.25) is 0 Å². The molecule has 0 bridgehead atoms. The minimum atomic E-state index is -5.03.